The third-order valence-electron chi connectivity index (χ3n) is 5.66. The first-order valence-corrected chi connectivity index (χ1v) is 10.8. The molecule has 0 unspecified atom stereocenters. The zero-order valence-corrected chi connectivity index (χ0v) is 18.2. The maximum absolute atomic E-state index is 14.1. The van der Waals surface area contributed by atoms with Crippen LogP contribution >= 0.6 is 0 Å². The van der Waals surface area contributed by atoms with Gasteiger partial charge in [0.2, 0.25) is 0 Å². The topological polar surface area (TPSA) is 24.8 Å². The number of hydrogen-bond donors (Lipinski definition) is 0. The highest BCUT2D eigenvalue weighted by atomic mass is 19.4. The number of benzene rings is 2. The van der Waals surface area contributed by atoms with E-state index in [0.717, 1.165) is 24.6 Å². The number of oxime groups is 1. The van der Waals surface area contributed by atoms with E-state index in [2.05, 4.69) is 5.16 Å². The van der Waals surface area contributed by atoms with Crippen molar-refractivity contribution < 1.29 is 39.9 Å². The van der Waals surface area contributed by atoms with Crippen LogP contribution in [-0.4, -0.2) is 23.6 Å². The van der Waals surface area contributed by atoms with Crippen LogP contribution in [0.2, 0.25) is 0 Å². The number of nitrogens with zero attached hydrogens (tertiary/aromatic N) is 2. The van der Waals surface area contributed by atoms with Gasteiger partial charge in [-0.1, -0.05) is 55.5 Å². The Bertz CT molecular complexity index is 1600. The molecule has 0 amide bonds. The van der Waals surface area contributed by atoms with Gasteiger partial charge in [-0.05, 0) is 91.3 Å². The van der Waals surface area contributed by atoms with Crippen molar-refractivity contribution in [3.8, 4) is 0 Å². The SMILES string of the molecule is [2H]C1C([2H])([2H])N(C([2H])([2H])c2ccc(/C(=N/OCc3ccc(C4([2H])CCCCC4)c(C(F)(F)F)c3)C([2H])([2H])[2H])cc2C([2H])([2H])C([2H])([2H])[2H])C1([2H])[2H]. The molecule has 1 heterocycles. The first-order valence-electron chi connectivity index (χ1n) is 18.9. The molecule has 2 aliphatic rings. The van der Waals surface area contributed by atoms with Crippen molar-refractivity contribution in [2.24, 2.45) is 5.16 Å². The Kier molecular flexibility index (Phi) is 3.73. The fraction of sp³-hybridized carbons (Fsp3) is 0.536. The first kappa shape index (κ1) is 11.6. The number of alkyl halides is 3. The van der Waals surface area contributed by atoms with Gasteiger partial charge in [-0.2, -0.15) is 13.2 Å². The van der Waals surface area contributed by atoms with Crippen LogP contribution in [0.15, 0.2) is 41.6 Å². The van der Waals surface area contributed by atoms with Gasteiger partial charge in [0.25, 0.3) is 0 Å². The van der Waals surface area contributed by atoms with Gasteiger partial charge < -0.3 is 4.84 Å². The van der Waals surface area contributed by atoms with E-state index < -0.39 is 92.6 Å². The van der Waals surface area contributed by atoms with Crippen LogP contribution in [-0.2, 0) is 30.5 Å². The van der Waals surface area contributed by atoms with Crippen LogP contribution in [0, 0.1) is 0 Å². The molecule has 1 saturated heterocycles. The quantitative estimate of drug-likeness (QED) is 0.284. The minimum Gasteiger partial charge on any atom is -0.391 e. The summed E-state index contributed by atoms with van der Waals surface area (Å²) in [6.45, 7) is -16.5. The molecule has 0 spiro atoms. The van der Waals surface area contributed by atoms with Crippen molar-refractivity contribution >= 4 is 5.71 Å². The van der Waals surface area contributed by atoms with E-state index in [1.807, 2.05) is 0 Å². The number of hydrogen-bond acceptors (Lipinski definition) is 3. The van der Waals surface area contributed by atoms with Crippen LogP contribution in [0.4, 0.5) is 13.2 Å². The first-order chi connectivity index (χ1) is 22.5. The molecule has 1 aliphatic carbocycles. The predicted molar refractivity (Wildman–Crippen MR) is 130 cm³/mol. The number of likely N-dealkylation sites (tertiary alicyclic amines) is 1. The van der Waals surface area contributed by atoms with Gasteiger partial charge in [0.15, 0.2) is 0 Å². The summed E-state index contributed by atoms with van der Waals surface area (Å²) in [7, 11) is 0. The standard InChI is InChI=1S/C28H35F3N2O/c1-3-22-17-24(11-12-25(22)18-33-14-7-15-33)20(2)32-34-19-21-10-13-26(23-8-5-4-6-9-23)27(16-21)28(29,30)31/h10-13,16-17,23H,3-9,14-15,18-19H2,1-2H3/b32-20+/i1D3,2D3,3D2,7D,14D2,15D2,18D2,23D. The minimum absolute atomic E-state index is 0.0257. The van der Waals surface area contributed by atoms with Crippen LogP contribution in [0.5, 0.6) is 0 Å². The van der Waals surface area contributed by atoms with Crippen molar-refractivity contribution in [2.75, 3.05) is 13.0 Å². The van der Waals surface area contributed by atoms with Crippen molar-refractivity contribution in [3.63, 3.8) is 0 Å². The Morgan fingerprint density at radius 3 is 2.74 bits per heavy atom. The van der Waals surface area contributed by atoms with E-state index >= 15 is 0 Å². The molecule has 34 heavy (non-hydrogen) atoms. The largest absolute Gasteiger partial charge is 0.416 e. The van der Waals surface area contributed by atoms with Gasteiger partial charge in [-0.15, -0.1) is 0 Å². The molecule has 184 valence electrons. The Hall–Kier alpha value is -2.34. The van der Waals surface area contributed by atoms with Crippen molar-refractivity contribution in [1.29, 1.82) is 0 Å². The lowest BCUT2D eigenvalue weighted by Gasteiger charge is -2.31. The molecule has 2 fully saturated rings. The van der Waals surface area contributed by atoms with Gasteiger partial charge in [0.1, 0.15) is 6.61 Å². The molecule has 0 N–H and O–H groups in total. The fourth-order valence-corrected chi connectivity index (χ4v) is 3.90. The van der Waals surface area contributed by atoms with E-state index in [0.29, 0.717) is 18.9 Å². The summed E-state index contributed by atoms with van der Waals surface area (Å²) in [4.78, 5) is 5.19. The van der Waals surface area contributed by atoms with Gasteiger partial charge in [0, 0.05) is 28.4 Å². The molecule has 0 bridgehead atoms. The Morgan fingerprint density at radius 2 is 2.00 bits per heavy atom. The smallest absolute Gasteiger partial charge is 0.391 e. The highest BCUT2D eigenvalue weighted by Crippen LogP contribution is 2.41. The van der Waals surface area contributed by atoms with Gasteiger partial charge in [0.05, 0.1) is 11.3 Å². The third-order valence-corrected chi connectivity index (χ3v) is 5.66. The molecular weight excluding hydrogens is 437 g/mol. The second kappa shape index (κ2) is 10.9. The van der Waals surface area contributed by atoms with Crippen LogP contribution in [0.1, 0.15) is 113 Å². The Balaban J connectivity index is 1.77. The summed E-state index contributed by atoms with van der Waals surface area (Å²) < 4.78 is 172. The second-order valence-electron chi connectivity index (χ2n) is 7.99. The summed E-state index contributed by atoms with van der Waals surface area (Å²) >= 11 is 0. The number of aryl methyl sites for hydroxylation is 1. The van der Waals surface area contributed by atoms with Crippen LogP contribution in [0.3, 0.4) is 0 Å². The van der Waals surface area contributed by atoms with E-state index in [9.17, 15) is 13.2 Å². The lowest BCUT2D eigenvalue weighted by Crippen LogP contribution is -2.36. The van der Waals surface area contributed by atoms with E-state index in [1.165, 1.54) is 12.1 Å². The monoisotopic (exact) mass is 488 g/mol. The average molecular weight is 489 g/mol. The summed E-state index contributed by atoms with van der Waals surface area (Å²) in [6.07, 6.45) is -7.79. The summed E-state index contributed by atoms with van der Waals surface area (Å²) in [5.74, 6) is -1.43. The molecule has 4 rings (SSSR count). The average Bonchev–Trinajstić information content (AvgIpc) is 2.97. The lowest BCUT2D eigenvalue weighted by atomic mass is 9.81. The van der Waals surface area contributed by atoms with E-state index in [4.69, 9.17) is 26.8 Å². The lowest BCUT2D eigenvalue weighted by molar-refractivity contribution is -0.138. The maximum Gasteiger partial charge on any atom is 0.416 e. The number of halogens is 3. The zero-order valence-electron chi connectivity index (χ0n) is 34.2. The van der Waals surface area contributed by atoms with Gasteiger partial charge >= 0.3 is 6.18 Å². The maximum atomic E-state index is 14.1. The van der Waals surface area contributed by atoms with Gasteiger partial charge in [-0.25, -0.2) is 0 Å². The molecule has 2 aromatic rings. The molecule has 0 atom stereocenters. The summed E-state index contributed by atoms with van der Waals surface area (Å²) in [5.41, 5.74) is -4.55. The van der Waals surface area contributed by atoms with Gasteiger partial charge in [-0.3, -0.25) is 4.90 Å². The van der Waals surface area contributed by atoms with Crippen molar-refractivity contribution in [1.82, 2.24) is 4.90 Å². The van der Waals surface area contributed by atoms with Crippen molar-refractivity contribution in [2.45, 2.75) is 83.8 Å². The minimum atomic E-state index is -4.81. The second-order valence-corrected chi connectivity index (χ2v) is 7.99. The predicted octanol–water partition coefficient (Wildman–Crippen LogP) is 7.46. The molecule has 1 aliphatic heterocycles. The summed E-state index contributed by atoms with van der Waals surface area (Å²) in [6, 6.07) is 5.60. The zero-order chi connectivity index (χ0) is 38.1. The van der Waals surface area contributed by atoms with Crippen LogP contribution < -0.4 is 0 Å². The highest BCUT2D eigenvalue weighted by molar-refractivity contribution is 5.98. The Labute approximate surface area is 223 Å². The third kappa shape index (κ3) is 6.01. The molecule has 0 radical (unpaired) electrons. The molecule has 0 aromatic heterocycles. The van der Waals surface area contributed by atoms with E-state index in [-0.39, 0.29) is 28.9 Å². The highest BCUT2D eigenvalue weighted by Gasteiger charge is 2.35. The van der Waals surface area contributed by atoms with E-state index in [1.54, 1.807) is 0 Å². The van der Waals surface area contributed by atoms with Crippen molar-refractivity contribution in [3.05, 3.63) is 69.8 Å². The summed E-state index contributed by atoms with van der Waals surface area (Å²) in [5, 5.41) is 3.60. The molecular formula is C28H35F3N2O. The molecule has 2 aromatic carbocycles. The fourth-order valence-electron chi connectivity index (χ4n) is 3.90. The van der Waals surface area contributed by atoms with Crippen LogP contribution in [0.25, 0.3) is 0 Å². The Morgan fingerprint density at radius 1 is 1.18 bits per heavy atom. The molecule has 1 saturated carbocycles. The number of rotatable bonds is 8. The molecule has 3 nitrogen and oxygen atoms in total. The molecule has 6 heteroatoms. The normalized spacial score (nSPS) is 31.1.